The lowest BCUT2D eigenvalue weighted by atomic mass is 9.99. The van der Waals surface area contributed by atoms with Gasteiger partial charge in [0.25, 0.3) is 0 Å². The quantitative estimate of drug-likeness (QED) is 0.855. The third-order valence-electron chi connectivity index (χ3n) is 4.35. The molecule has 4 nitrogen and oxygen atoms in total. The molecule has 5 heteroatoms. The number of anilines is 2. The molecule has 2 aromatic rings. The summed E-state index contributed by atoms with van der Waals surface area (Å²) in [6, 6.07) is 14.3. The van der Waals surface area contributed by atoms with Crippen LogP contribution in [0.4, 0.5) is 15.8 Å². The van der Waals surface area contributed by atoms with Crippen LogP contribution in [0.1, 0.15) is 18.5 Å². The average molecular weight is 328 g/mol. The Bertz CT molecular complexity index is 680. The van der Waals surface area contributed by atoms with Crippen LogP contribution in [0.2, 0.25) is 0 Å². The fourth-order valence-corrected chi connectivity index (χ4v) is 3.23. The molecule has 0 aromatic heterocycles. The van der Waals surface area contributed by atoms with Crippen molar-refractivity contribution >= 4 is 11.4 Å². The molecule has 2 unspecified atom stereocenters. The molecule has 0 fully saturated rings. The average Bonchev–Trinajstić information content (AvgIpc) is 2.94. The van der Waals surface area contributed by atoms with Crippen LogP contribution in [0.15, 0.2) is 48.5 Å². The highest BCUT2D eigenvalue weighted by molar-refractivity contribution is 5.79. The van der Waals surface area contributed by atoms with E-state index in [9.17, 15) is 9.50 Å². The lowest BCUT2D eigenvalue weighted by Crippen LogP contribution is -2.40. The minimum absolute atomic E-state index is 0.278. The van der Waals surface area contributed by atoms with Crippen molar-refractivity contribution in [2.24, 2.45) is 0 Å². The van der Waals surface area contributed by atoms with Crippen LogP contribution in [0.5, 0.6) is 0 Å². The Morgan fingerprint density at radius 3 is 2.54 bits per heavy atom. The van der Waals surface area contributed by atoms with Gasteiger partial charge in [-0.2, -0.15) is 0 Å². The van der Waals surface area contributed by atoms with Gasteiger partial charge in [-0.1, -0.05) is 30.3 Å². The molecular weight excluding hydrogens is 305 g/mol. The number of aliphatic hydroxyl groups is 1. The Morgan fingerprint density at radius 1 is 1.12 bits per heavy atom. The van der Waals surface area contributed by atoms with Gasteiger partial charge in [-0.3, -0.25) is 0 Å². The molecule has 0 amide bonds. The van der Waals surface area contributed by atoms with Gasteiger partial charge in [-0.25, -0.2) is 4.39 Å². The van der Waals surface area contributed by atoms with Crippen LogP contribution in [0, 0.1) is 12.5 Å². The van der Waals surface area contributed by atoms with Gasteiger partial charge < -0.3 is 20.2 Å². The Kier molecular flexibility index (Phi) is 5.02. The van der Waals surface area contributed by atoms with Crippen LogP contribution in [-0.4, -0.2) is 31.3 Å². The first-order chi connectivity index (χ1) is 11.7. The molecule has 0 saturated carbocycles. The van der Waals surface area contributed by atoms with Gasteiger partial charge in [0.15, 0.2) is 0 Å². The number of nitrogens with zero attached hydrogens (tertiary/aromatic N) is 2. The molecule has 2 aromatic carbocycles. The zero-order chi connectivity index (χ0) is 17.1. The summed E-state index contributed by atoms with van der Waals surface area (Å²) >= 11 is 0. The SMILES string of the molecule is CCN1[CH]N(C(c2ccccc2)C(O)CNC)c2cc(F)ccc21. The Morgan fingerprint density at radius 2 is 1.88 bits per heavy atom. The largest absolute Gasteiger partial charge is 0.389 e. The van der Waals surface area contributed by atoms with E-state index in [1.807, 2.05) is 48.9 Å². The van der Waals surface area contributed by atoms with Crippen LogP contribution in [0.25, 0.3) is 0 Å². The van der Waals surface area contributed by atoms with Gasteiger partial charge in [-0.05, 0) is 37.7 Å². The van der Waals surface area contributed by atoms with E-state index in [0.717, 1.165) is 23.5 Å². The number of hydrogen-bond donors (Lipinski definition) is 2. The van der Waals surface area contributed by atoms with E-state index in [-0.39, 0.29) is 11.9 Å². The monoisotopic (exact) mass is 328 g/mol. The molecule has 0 bridgehead atoms. The molecule has 2 atom stereocenters. The molecular formula is C19H23FN3O. The number of halogens is 1. The van der Waals surface area contributed by atoms with Crippen molar-refractivity contribution in [3.63, 3.8) is 0 Å². The van der Waals surface area contributed by atoms with Crippen molar-refractivity contribution in [1.29, 1.82) is 0 Å². The second-order valence-corrected chi connectivity index (χ2v) is 5.92. The van der Waals surface area contributed by atoms with E-state index >= 15 is 0 Å². The van der Waals surface area contributed by atoms with Gasteiger partial charge in [0.2, 0.25) is 0 Å². The first-order valence-corrected chi connectivity index (χ1v) is 8.22. The fourth-order valence-electron chi connectivity index (χ4n) is 3.23. The van der Waals surface area contributed by atoms with E-state index < -0.39 is 6.10 Å². The maximum absolute atomic E-state index is 13.8. The van der Waals surface area contributed by atoms with Crippen molar-refractivity contribution in [3.8, 4) is 0 Å². The van der Waals surface area contributed by atoms with Crippen LogP contribution in [0.3, 0.4) is 0 Å². The number of benzene rings is 2. The molecule has 1 aliphatic heterocycles. The van der Waals surface area contributed by atoms with Gasteiger partial charge in [0.05, 0.1) is 23.5 Å². The van der Waals surface area contributed by atoms with E-state index in [0.29, 0.717) is 6.54 Å². The van der Waals surface area contributed by atoms with Crippen LogP contribution >= 0.6 is 0 Å². The number of rotatable bonds is 6. The van der Waals surface area contributed by atoms with Gasteiger partial charge in [0.1, 0.15) is 12.5 Å². The van der Waals surface area contributed by atoms with E-state index in [4.69, 9.17) is 0 Å². The van der Waals surface area contributed by atoms with E-state index in [1.54, 1.807) is 6.07 Å². The van der Waals surface area contributed by atoms with Gasteiger partial charge in [-0.15, -0.1) is 0 Å². The molecule has 2 N–H and O–H groups in total. The molecule has 3 rings (SSSR count). The summed E-state index contributed by atoms with van der Waals surface area (Å²) in [5.74, 6) is -0.278. The van der Waals surface area contributed by atoms with Crippen molar-refractivity contribution in [1.82, 2.24) is 5.32 Å². The predicted molar refractivity (Wildman–Crippen MR) is 95.3 cm³/mol. The predicted octanol–water partition coefficient (Wildman–Crippen LogP) is 2.91. The summed E-state index contributed by atoms with van der Waals surface area (Å²) in [5, 5.41) is 13.8. The molecule has 1 heterocycles. The molecule has 1 aliphatic rings. The summed E-state index contributed by atoms with van der Waals surface area (Å²) in [5.41, 5.74) is 2.72. The number of aliphatic hydroxyl groups excluding tert-OH is 1. The highest BCUT2D eigenvalue weighted by atomic mass is 19.1. The summed E-state index contributed by atoms with van der Waals surface area (Å²) < 4.78 is 13.8. The van der Waals surface area contributed by atoms with Crippen LogP contribution in [-0.2, 0) is 0 Å². The molecule has 0 aliphatic carbocycles. The Hall–Kier alpha value is -2.11. The summed E-state index contributed by atoms with van der Waals surface area (Å²) in [7, 11) is 1.81. The summed E-state index contributed by atoms with van der Waals surface area (Å²) in [4.78, 5) is 4.04. The zero-order valence-corrected chi connectivity index (χ0v) is 14.0. The number of likely N-dealkylation sites (N-methyl/N-ethyl adjacent to an activating group) is 1. The molecule has 127 valence electrons. The third kappa shape index (κ3) is 3.09. The second-order valence-electron chi connectivity index (χ2n) is 5.92. The first kappa shape index (κ1) is 16.7. The van der Waals surface area contributed by atoms with E-state index in [1.165, 1.54) is 12.1 Å². The molecule has 0 spiro atoms. The highest BCUT2D eigenvalue weighted by Gasteiger charge is 2.35. The highest BCUT2D eigenvalue weighted by Crippen LogP contribution is 2.44. The molecule has 24 heavy (non-hydrogen) atoms. The lowest BCUT2D eigenvalue weighted by molar-refractivity contribution is 0.143. The van der Waals surface area contributed by atoms with Crippen molar-refractivity contribution < 1.29 is 9.50 Å². The lowest BCUT2D eigenvalue weighted by Gasteiger charge is -2.33. The van der Waals surface area contributed by atoms with Crippen molar-refractivity contribution in [2.45, 2.75) is 19.1 Å². The fraction of sp³-hybridized carbons (Fsp3) is 0.316. The summed E-state index contributed by atoms with van der Waals surface area (Å²) in [6.45, 7) is 5.23. The van der Waals surface area contributed by atoms with Crippen molar-refractivity contribution in [3.05, 3.63) is 66.6 Å². The smallest absolute Gasteiger partial charge is 0.142 e. The molecule has 0 saturated heterocycles. The van der Waals surface area contributed by atoms with Gasteiger partial charge in [0, 0.05) is 13.1 Å². The standard InChI is InChI=1S/C19H23FN3O/c1-3-22-13-23(17-11-15(20)9-10-16(17)22)19(18(24)12-21-2)14-7-5-4-6-8-14/h4-11,13,18-19,21,24H,3,12H2,1-2H3. The number of nitrogens with one attached hydrogen (secondary N) is 1. The first-order valence-electron chi connectivity index (χ1n) is 8.22. The minimum Gasteiger partial charge on any atom is -0.389 e. The number of fused-ring (bicyclic) bond motifs is 1. The second kappa shape index (κ2) is 7.20. The summed E-state index contributed by atoms with van der Waals surface area (Å²) in [6.07, 6.45) is -0.637. The maximum Gasteiger partial charge on any atom is 0.142 e. The van der Waals surface area contributed by atoms with Gasteiger partial charge >= 0.3 is 0 Å². The topological polar surface area (TPSA) is 38.7 Å². The van der Waals surface area contributed by atoms with Crippen LogP contribution < -0.4 is 15.1 Å². The molecule has 1 radical (unpaired) electrons. The Labute approximate surface area is 142 Å². The Balaban J connectivity index is 2.04. The normalized spacial score (nSPS) is 16.2. The minimum atomic E-state index is -0.637. The zero-order valence-electron chi connectivity index (χ0n) is 14.0. The van der Waals surface area contributed by atoms with Crippen molar-refractivity contribution in [2.75, 3.05) is 29.9 Å². The third-order valence-corrected chi connectivity index (χ3v) is 4.35. The maximum atomic E-state index is 13.8. The number of hydrogen-bond acceptors (Lipinski definition) is 4. The van der Waals surface area contributed by atoms with E-state index in [2.05, 4.69) is 17.1 Å².